The number of fused-ring (bicyclic) bond motifs is 1. The van der Waals surface area contributed by atoms with Gasteiger partial charge in [0.1, 0.15) is 17.4 Å². The first-order chi connectivity index (χ1) is 15.6. The fourth-order valence-corrected chi connectivity index (χ4v) is 4.86. The van der Waals surface area contributed by atoms with E-state index in [1.165, 1.54) is 18.2 Å². The predicted molar refractivity (Wildman–Crippen MR) is 127 cm³/mol. The van der Waals surface area contributed by atoms with Crippen molar-refractivity contribution in [1.82, 2.24) is 4.72 Å². The molecule has 33 heavy (non-hydrogen) atoms. The highest BCUT2D eigenvalue weighted by atomic mass is 32.2. The van der Waals surface area contributed by atoms with Gasteiger partial charge in [-0.25, -0.2) is 18.0 Å². The minimum atomic E-state index is -3.94. The van der Waals surface area contributed by atoms with Gasteiger partial charge in [0.2, 0.25) is 10.0 Å². The average Bonchev–Trinajstić information content (AvgIpc) is 2.78. The molecule has 7 nitrogen and oxygen atoms in total. The van der Waals surface area contributed by atoms with Crippen molar-refractivity contribution in [2.45, 2.75) is 58.4 Å². The van der Waals surface area contributed by atoms with Crippen molar-refractivity contribution in [3.8, 4) is 5.75 Å². The largest absolute Gasteiger partial charge is 0.425 e. The zero-order chi connectivity index (χ0) is 24.3. The van der Waals surface area contributed by atoms with Crippen molar-refractivity contribution in [3.05, 3.63) is 69.6 Å². The van der Waals surface area contributed by atoms with E-state index in [0.717, 1.165) is 16.5 Å². The lowest BCUT2D eigenvalue weighted by atomic mass is 10.0. The Labute approximate surface area is 193 Å². The van der Waals surface area contributed by atoms with Gasteiger partial charge >= 0.3 is 11.6 Å². The van der Waals surface area contributed by atoms with Crippen LogP contribution in [-0.4, -0.2) is 20.4 Å². The maximum Gasteiger partial charge on any atom is 0.336 e. The number of carbonyl (C=O) groups excluding carboxylic acids is 1. The van der Waals surface area contributed by atoms with Crippen molar-refractivity contribution in [2.24, 2.45) is 5.92 Å². The molecular formula is C25H29NO6S. The first kappa shape index (κ1) is 24.7. The van der Waals surface area contributed by atoms with Gasteiger partial charge in [0.25, 0.3) is 0 Å². The molecule has 0 saturated carbocycles. The number of aryl methyl sites for hydroxylation is 3. The van der Waals surface area contributed by atoms with Crippen LogP contribution in [0, 0.1) is 19.8 Å². The molecule has 0 bridgehead atoms. The summed E-state index contributed by atoms with van der Waals surface area (Å²) in [6.45, 7) is 9.15. The third kappa shape index (κ3) is 5.34. The van der Waals surface area contributed by atoms with Crippen LogP contribution >= 0.6 is 0 Å². The molecule has 0 saturated heterocycles. The number of rotatable bonds is 8. The quantitative estimate of drug-likeness (QED) is 0.299. The Kier molecular flexibility index (Phi) is 7.39. The van der Waals surface area contributed by atoms with Crippen LogP contribution in [0.1, 0.15) is 43.9 Å². The van der Waals surface area contributed by atoms with E-state index >= 15 is 0 Å². The van der Waals surface area contributed by atoms with E-state index < -0.39 is 27.7 Å². The van der Waals surface area contributed by atoms with Crippen molar-refractivity contribution in [1.29, 1.82) is 0 Å². The maximum absolute atomic E-state index is 13.1. The van der Waals surface area contributed by atoms with E-state index in [-0.39, 0.29) is 16.6 Å². The number of nitrogens with one attached hydrogen (secondary N) is 1. The Balaban J connectivity index is 1.93. The van der Waals surface area contributed by atoms with Gasteiger partial charge in [-0.2, -0.15) is 4.72 Å². The maximum atomic E-state index is 13.1. The number of hydrogen-bond acceptors (Lipinski definition) is 6. The van der Waals surface area contributed by atoms with Crippen molar-refractivity contribution in [3.63, 3.8) is 0 Å². The topological polar surface area (TPSA) is 103 Å². The zero-order valence-electron chi connectivity index (χ0n) is 19.5. The number of esters is 1. The Morgan fingerprint density at radius 3 is 2.36 bits per heavy atom. The van der Waals surface area contributed by atoms with Gasteiger partial charge in [-0.05, 0) is 56.0 Å². The van der Waals surface area contributed by atoms with E-state index in [9.17, 15) is 18.0 Å². The number of hydrogen-bond donors (Lipinski definition) is 1. The molecule has 8 heteroatoms. The van der Waals surface area contributed by atoms with Crippen LogP contribution in [0.3, 0.4) is 0 Å². The molecule has 0 radical (unpaired) electrons. The molecule has 1 aromatic heterocycles. The number of ether oxygens (including phenoxy) is 1. The van der Waals surface area contributed by atoms with Gasteiger partial charge in [-0.1, -0.05) is 44.9 Å². The molecule has 1 heterocycles. The molecule has 0 aliphatic heterocycles. The third-order valence-corrected chi connectivity index (χ3v) is 7.33. The van der Waals surface area contributed by atoms with Crippen LogP contribution in [0.5, 0.6) is 5.75 Å². The monoisotopic (exact) mass is 471 g/mol. The lowest BCUT2D eigenvalue weighted by Gasteiger charge is -2.23. The van der Waals surface area contributed by atoms with Gasteiger partial charge in [0, 0.05) is 17.0 Å². The van der Waals surface area contributed by atoms with Crippen LogP contribution in [0.4, 0.5) is 0 Å². The number of benzene rings is 2. The molecule has 0 aliphatic rings. The molecule has 3 rings (SSSR count). The molecule has 3 aromatic rings. The molecule has 0 spiro atoms. The molecule has 0 amide bonds. The normalized spacial score (nSPS) is 13.6. The van der Waals surface area contributed by atoms with Crippen LogP contribution in [0.15, 0.2) is 56.6 Å². The standard InChI is InChI=1S/C25H29NO6S/c1-6-16(4)23(26-33(29,30)19-10-8-15(3)9-11-19)25(28)31-21-13-12-20-18(7-2)14-22(27)32-24(20)17(21)5/h8-14,16,23,26H,6-7H2,1-5H3/t16-,23-/m1/s1. The molecular weight excluding hydrogens is 442 g/mol. The third-order valence-electron chi connectivity index (χ3n) is 5.87. The van der Waals surface area contributed by atoms with Crippen LogP contribution in [-0.2, 0) is 21.2 Å². The van der Waals surface area contributed by atoms with Crippen LogP contribution < -0.4 is 15.1 Å². The fourth-order valence-electron chi connectivity index (χ4n) is 3.57. The van der Waals surface area contributed by atoms with Crippen molar-refractivity contribution < 1.29 is 22.4 Å². The summed E-state index contributed by atoms with van der Waals surface area (Å²) in [7, 11) is -3.94. The second-order valence-electron chi connectivity index (χ2n) is 8.23. The second kappa shape index (κ2) is 9.89. The number of carbonyl (C=O) groups is 1. The zero-order valence-corrected chi connectivity index (χ0v) is 20.3. The Hall–Kier alpha value is -2.97. The minimum Gasteiger partial charge on any atom is -0.425 e. The summed E-state index contributed by atoms with van der Waals surface area (Å²) < 4.78 is 39.3. The highest BCUT2D eigenvalue weighted by molar-refractivity contribution is 7.89. The molecule has 2 atom stereocenters. The molecule has 0 fully saturated rings. The van der Waals surface area contributed by atoms with Gasteiger partial charge in [0.15, 0.2) is 0 Å². The van der Waals surface area contributed by atoms with Gasteiger partial charge < -0.3 is 9.15 Å². The summed E-state index contributed by atoms with van der Waals surface area (Å²) in [5.41, 5.74) is 2.14. The van der Waals surface area contributed by atoms with E-state index in [4.69, 9.17) is 9.15 Å². The first-order valence-electron chi connectivity index (χ1n) is 10.9. The van der Waals surface area contributed by atoms with Gasteiger partial charge in [-0.15, -0.1) is 0 Å². The average molecular weight is 472 g/mol. The van der Waals surface area contributed by atoms with Crippen molar-refractivity contribution >= 4 is 27.0 Å². The predicted octanol–water partition coefficient (Wildman–Crippen LogP) is 4.27. The Bertz CT molecular complexity index is 1330. The SMILES string of the molecule is CCc1cc(=O)oc2c(C)c(OC(=O)[C@H](NS(=O)(=O)c3ccc(C)cc3)[C@H](C)CC)ccc12. The molecule has 1 N–H and O–H groups in total. The van der Waals surface area contributed by atoms with Crippen LogP contribution in [0.2, 0.25) is 0 Å². The summed E-state index contributed by atoms with van der Waals surface area (Å²) >= 11 is 0. The molecule has 0 aliphatic carbocycles. The molecule has 2 aromatic carbocycles. The lowest BCUT2D eigenvalue weighted by Crippen LogP contribution is -2.47. The smallest absolute Gasteiger partial charge is 0.336 e. The lowest BCUT2D eigenvalue weighted by molar-refractivity contribution is -0.137. The minimum absolute atomic E-state index is 0.0740. The van der Waals surface area contributed by atoms with Gasteiger partial charge in [-0.3, -0.25) is 0 Å². The second-order valence-corrected chi connectivity index (χ2v) is 9.94. The summed E-state index contributed by atoms with van der Waals surface area (Å²) in [5, 5.41) is 0.771. The fraction of sp³-hybridized carbons (Fsp3) is 0.360. The summed E-state index contributed by atoms with van der Waals surface area (Å²) in [6, 6.07) is 10.1. The summed E-state index contributed by atoms with van der Waals surface area (Å²) in [6.07, 6.45) is 1.21. The van der Waals surface area contributed by atoms with E-state index in [1.807, 2.05) is 20.8 Å². The first-order valence-corrected chi connectivity index (χ1v) is 12.4. The van der Waals surface area contributed by atoms with Gasteiger partial charge in [0.05, 0.1) is 4.90 Å². The molecule has 0 unspecified atom stereocenters. The van der Waals surface area contributed by atoms with Crippen LogP contribution in [0.25, 0.3) is 11.0 Å². The highest BCUT2D eigenvalue weighted by Crippen LogP contribution is 2.29. The Morgan fingerprint density at radius 2 is 1.76 bits per heavy atom. The number of sulfonamides is 1. The van der Waals surface area contributed by atoms with Crippen molar-refractivity contribution in [2.75, 3.05) is 0 Å². The Morgan fingerprint density at radius 1 is 1.09 bits per heavy atom. The van der Waals surface area contributed by atoms with E-state index in [1.54, 1.807) is 38.1 Å². The van der Waals surface area contributed by atoms with E-state index in [2.05, 4.69) is 4.72 Å². The molecule has 176 valence electrons. The summed E-state index contributed by atoms with van der Waals surface area (Å²) in [4.78, 5) is 25.1. The highest BCUT2D eigenvalue weighted by Gasteiger charge is 2.32. The summed E-state index contributed by atoms with van der Waals surface area (Å²) in [5.74, 6) is -0.827. The van der Waals surface area contributed by atoms with E-state index in [0.29, 0.717) is 24.0 Å².